The fraction of sp³-hybridized carbons (Fsp3) is 0.300. The van der Waals surface area contributed by atoms with Crippen LogP contribution < -0.4 is 0 Å². The highest BCUT2D eigenvalue weighted by atomic mass is 32.1. The molecule has 0 saturated carbocycles. The topological polar surface area (TPSA) is 32.6 Å². The summed E-state index contributed by atoms with van der Waals surface area (Å²) in [6.45, 7) is 0. The van der Waals surface area contributed by atoms with E-state index in [9.17, 15) is 5.11 Å². The predicted molar refractivity (Wildman–Crippen MR) is 54.8 cm³/mol. The van der Waals surface area contributed by atoms with E-state index in [0.717, 1.165) is 36.1 Å². The Kier molecular flexibility index (Phi) is 2.13. The van der Waals surface area contributed by atoms with Crippen LogP contribution in [0.1, 0.15) is 17.5 Å². The van der Waals surface area contributed by atoms with E-state index in [0.29, 0.717) is 5.75 Å². The van der Waals surface area contributed by atoms with Gasteiger partial charge in [0.25, 0.3) is 0 Å². The van der Waals surface area contributed by atoms with Crippen molar-refractivity contribution < 1.29 is 5.11 Å². The van der Waals surface area contributed by atoms with Gasteiger partial charge in [0.15, 0.2) is 0 Å². The lowest BCUT2D eigenvalue weighted by Crippen LogP contribution is -1.83. The van der Waals surface area contributed by atoms with E-state index in [1.54, 1.807) is 12.1 Å². The summed E-state index contributed by atoms with van der Waals surface area (Å²) in [4.78, 5) is 3.97. The summed E-state index contributed by atoms with van der Waals surface area (Å²) >= 11 is 4.56. The molecular weight excluding hydrogens is 182 g/mol. The molecule has 0 spiro atoms. The molecule has 1 aromatic carbocycles. The van der Waals surface area contributed by atoms with Gasteiger partial charge in [0, 0.05) is 0 Å². The van der Waals surface area contributed by atoms with Gasteiger partial charge in [-0.25, -0.2) is 0 Å². The van der Waals surface area contributed by atoms with Crippen molar-refractivity contribution in [2.24, 2.45) is 4.99 Å². The van der Waals surface area contributed by atoms with Crippen LogP contribution in [0.3, 0.4) is 0 Å². The molecule has 66 valence electrons. The fourth-order valence-electron chi connectivity index (χ4n) is 1.82. The Morgan fingerprint density at radius 3 is 2.85 bits per heavy atom. The lowest BCUT2D eigenvalue weighted by molar-refractivity contribution is 0.469. The van der Waals surface area contributed by atoms with Gasteiger partial charge in [-0.05, 0) is 54.7 Å². The molecular formula is C10H9NOS. The van der Waals surface area contributed by atoms with E-state index in [4.69, 9.17) is 0 Å². The highest BCUT2D eigenvalue weighted by Gasteiger charge is 2.17. The molecule has 0 heterocycles. The highest BCUT2D eigenvalue weighted by Crippen LogP contribution is 2.36. The van der Waals surface area contributed by atoms with Gasteiger partial charge in [-0.1, -0.05) is 0 Å². The van der Waals surface area contributed by atoms with Gasteiger partial charge in [-0.2, -0.15) is 4.99 Å². The third-order valence-electron chi connectivity index (χ3n) is 2.40. The number of hydrogen-bond acceptors (Lipinski definition) is 3. The van der Waals surface area contributed by atoms with Gasteiger partial charge in [0.1, 0.15) is 5.75 Å². The molecule has 0 bridgehead atoms. The third-order valence-corrected chi connectivity index (χ3v) is 2.49. The Bertz CT molecular complexity index is 394. The van der Waals surface area contributed by atoms with Crippen molar-refractivity contribution in [3.05, 3.63) is 23.3 Å². The number of fused-ring (bicyclic) bond motifs is 1. The van der Waals surface area contributed by atoms with Crippen molar-refractivity contribution in [3.8, 4) is 5.75 Å². The van der Waals surface area contributed by atoms with Gasteiger partial charge in [-0.15, -0.1) is 0 Å². The van der Waals surface area contributed by atoms with Crippen molar-refractivity contribution in [2.75, 3.05) is 0 Å². The molecule has 0 aromatic heterocycles. The van der Waals surface area contributed by atoms with Crippen LogP contribution in [0.25, 0.3) is 0 Å². The predicted octanol–water partition coefficient (Wildman–Crippen LogP) is 2.62. The van der Waals surface area contributed by atoms with Gasteiger partial charge < -0.3 is 5.11 Å². The largest absolute Gasteiger partial charge is 0.508 e. The first-order valence-electron chi connectivity index (χ1n) is 4.24. The maximum atomic E-state index is 9.54. The molecule has 1 aliphatic rings. The molecule has 0 unspecified atom stereocenters. The van der Waals surface area contributed by atoms with Crippen molar-refractivity contribution in [1.29, 1.82) is 0 Å². The molecule has 0 saturated heterocycles. The summed E-state index contributed by atoms with van der Waals surface area (Å²) in [5, 5.41) is 11.9. The summed E-state index contributed by atoms with van der Waals surface area (Å²) < 4.78 is 0. The number of phenolic OH excluding ortho intramolecular Hbond substituents is 1. The SMILES string of the molecule is Oc1ccc(N=C=S)c2c1CCC2. The standard InChI is InChI=1S/C10H9NOS/c12-10-5-4-9(11-6-13)7-2-1-3-8(7)10/h4-5,12H,1-3H2. The molecule has 0 radical (unpaired) electrons. The molecule has 13 heavy (non-hydrogen) atoms. The first kappa shape index (κ1) is 8.42. The van der Waals surface area contributed by atoms with Crippen molar-refractivity contribution in [3.63, 3.8) is 0 Å². The fourth-order valence-corrected chi connectivity index (χ4v) is 1.92. The van der Waals surface area contributed by atoms with Crippen LogP contribution in [0.2, 0.25) is 0 Å². The van der Waals surface area contributed by atoms with Gasteiger partial charge in [0.2, 0.25) is 0 Å². The van der Waals surface area contributed by atoms with Crippen molar-refractivity contribution in [2.45, 2.75) is 19.3 Å². The number of nitrogens with zero attached hydrogens (tertiary/aromatic N) is 1. The van der Waals surface area contributed by atoms with E-state index < -0.39 is 0 Å². The van der Waals surface area contributed by atoms with E-state index >= 15 is 0 Å². The van der Waals surface area contributed by atoms with Crippen molar-refractivity contribution in [1.82, 2.24) is 0 Å². The number of thiocarbonyl (C=S) groups is 1. The van der Waals surface area contributed by atoms with Crippen LogP contribution >= 0.6 is 12.2 Å². The molecule has 0 fully saturated rings. The lowest BCUT2D eigenvalue weighted by atomic mass is 10.1. The Morgan fingerprint density at radius 2 is 2.08 bits per heavy atom. The van der Waals surface area contributed by atoms with Crippen LogP contribution in [-0.2, 0) is 12.8 Å². The summed E-state index contributed by atoms with van der Waals surface area (Å²) in [5.74, 6) is 0.385. The lowest BCUT2D eigenvalue weighted by Gasteiger charge is -2.04. The second-order valence-corrected chi connectivity index (χ2v) is 3.30. The Hall–Kier alpha value is -1.18. The van der Waals surface area contributed by atoms with Crippen LogP contribution in [-0.4, -0.2) is 10.3 Å². The van der Waals surface area contributed by atoms with E-state index in [1.807, 2.05) is 0 Å². The van der Waals surface area contributed by atoms with Crippen LogP contribution in [0.15, 0.2) is 17.1 Å². The molecule has 3 heteroatoms. The number of benzene rings is 1. The molecule has 1 aromatic rings. The van der Waals surface area contributed by atoms with Gasteiger partial charge in [0.05, 0.1) is 10.8 Å². The first-order valence-corrected chi connectivity index (χ1v) is 4.65. The molecule has 0 aliphatic heterocycles. The molecule has 2 nitrogen and oxygen atoms in total. The minimum atomic E-state index is 0.385. The number of hydrogen-bond donors (Lipinski definition) is 1. The number of aliphatic imine (C=N–C) groups is 1. The third kappa shape index (κ3) is 1.37. The summed E-state index contributed by atoms with van der Waals surface area (Å²) in [6.07, 6.45) is 3.02. The minimum absolute atomic E-state index is 0.385. The van der Waals surface area contributed by atoms with E-state index in [1.165, 1.54) is 0 Å². The molecule has 0 amide bonds. The molecule has 2 rings (SSSR count). The van der Waals surface area contributed by atoms with Crippen LogP contribution in [0.4, 0.5) is 5.69 Å². The second-order valence-electron chi connectivity index (χ2n) is 3.12. The smallest absolute Gasteiger partial charge is 0.119 e. The highest BCUT2D eigenvalue weighted by molar-refractivity contribution is 7.78. The Balaban J connectivity index is 2.62. The summed E-state index contributed by atoms with van der Waals surface area (Å²) in [5.41, 5.74) is 3.03. The summed E-state index contributed by atoms with van der Waals surface area (Å²) in [7, 11) is 0. The number of isothiocyanates is 1. The molecule has 1 aliphatic carbocycles. The number of aromatic hydroxyl groups is 1. The Morgan fingerprint density at radius 1 is 1.31 bits per heavy atom. The van der Waals surface area contributed by atoms with Gasteiger partial charge in [-0.3, -0.25) is 0 Å². The number of rotatable bonds is 1. The molecule has 0 atom stereocenters. The molecule has 1 N–H and O–H groups in total. The first-order chi connectivity index (χ1) is 6.33. The number of phenols is 1. The normalized spacial score (nSPS) is 13.5. The maximum absolute atomic E-state index is 9.54. The minimum Gasteiger partial charge on any atom is -0.508 e. The van der Waals surface area contributed by atoms with E-state index in [-0.39, 0.29) is 0 Å². The maximum Gasteiger partial charge on any atom is 0.119 e. The zero-order valence-electron chi connectivity index (χ0n) is 7.08. The quantitative estimate of drug-likeness (QED) is 0.546. The Labute approximate surface area is 81.9 Å². The van der Waals surface area contributed by atoms with Crippen LogP contribution in [0, 0.1) is 0 Å². The van der Waals surface area contributed by atoms with E-state index in [2.05, 4.69) is 22.4 Å². The summed E-state index contributed by atoms with van der Waals surface area (Å²) in [6, 6.07) is 3.47. The monoisotopic (exact) mass is 191 g/mol. The zero-order chi connectivity index (χ0) is 9.26. The second kappa shape index (κ2) is 3.29. The average Bonchev–Trinajstić information content (AvgIpc) is 2.59. The average molecular weight is 191 g/mol. The zero-order valence-corrected chi connectivity index (χ0v) is 7.90. The van der Waals surface area contributed by atoms with Crippen LogP contribution in [0.5, 0.6) is 5.75 Å². The van der Waals surface area contributed by atoms with Crippen molar-refractivity contribution >= 4 is 23.1 Å². The van der Waals surface area contributed by atoms with Gasteiger partial charge >= 0.3 is 0 Å².